The molecule has 0 aromatic rings. The second-order valence-electron chi connectivity index (χ2n) is 7.38. The fraction of sp³-hybridized carbons (Fsp3) is 1.00. The fourth-order valence-corrected chi connectivity index (χ4v) is 6.43. The number of nitrogens with one attached hydrogen (secondary N) is 1. The Balaban J connectivity index is 1.64. The number of fused-ring (bicyclic) bond motifs is 1. The summed E-state index contributed by atoms with van der Waals surface area (Å²) >= 11 is 0. The molecule has 22 heavy (non-hydrogen) atoms. The smallest absolute Gasteiger partial charge is 0.281 e. The molecule has 3 unspecified atom stereocenters. The van der Waals surface area contributed by atoms with Gasteiger partial charge in [0.2, 0.25) is 0 Å². The molecular formula is C16H31N3O2S. The predicted molar refractivity (Wildman–Crippen MR) is 88.8 cm³/mol. The Morgan fingerprint density at radius 3 is 2.41 bits per heavy atom. The minimum absolute atomic E-state index is 0.459. The maximum absolute atomic E-state index is 13.0. The molecule has 0 aromatic heterocycles. The van der Waals surface area contributed by atoms with Crippen LogP contribution in [-0.4, -0.2) is 56.8 Å². The quantitative estimate of drug-likeness (QED) is 0.854. The third-order valence-electron chi connectivity index (χ3n) is 5.88. The summed E-state index contributed by atoms with van der Waals surface area (Å²) in [6.45, 7) is 3.80. The Hall–Kier alpha value is -0.170. The lowest BCUT2D eigenvalue weighted by molar-refractivity contribution is 0.128. The van der Waals surface area contributed by atoms with E-state index in [9.17, 15) is 8.42 Å². The molecular weight excluding hydrogens is 298 g/mol. The lowest BCUT2D eigenvalue weighted by Gasteiger charge is -2.43. The van der Waals surface area contributed by atoms with Crippen LogP contribution in [0.5, 0.6) is 0 Å². The Morgan fingerprint density at radius 2 is 1.64 bits per heavy atom. The van der Waals surface area contributed by atoms with Crippen molar-refractivity contribution in [2.45, 2.75) is 44.9 Å². The largest absolute Gasteiger partial charge is 0.319 e. The van der Waals surface area contributed by atoms with E-state index < -0.39 is 10.2 Å². The first-order valence-electron chi connectivity index (χ1n) is 9.01. The SMILES string of the molecule is CNCC1CCCN(S(=O)(=O)N2CCC3CCCCC3C2)C1. The molecule has 0 amide bonds. The highest BCUT2D eigenvalue weighted by Gasteiger charge is 2.39. The van der Waals surface area contributed by atoms with Crippen LogP contribution < -0.4 is 5.32 Å². The van der Waals surface area contributed by atoms with Gasteiger partial charge in [-0.05, 0) is 57.0 Å². The summed E-state index contributed by atoms with van der Waals surface area (Å²) in [5.41, 5.74) is 0. The number of rotatable bonds is 4. The van der Waals surface area contributed by atoms with E-state index in [1.165, 1.54) is 25.7 Å². The highest BCUT2D eigenvalue weighted by atomic mass is 32.2. The first-order valence-corrected chi connectivity index (χ1v) is 10.4. The summed E-state index contributed by atoms with van der Waals surface area (Å²) in [5, 5.41) is 3.19. The molecule has 1 aliphatic carbocycles. The van der Waals surface area contributed by atoms with E-state index in [-0.39, 0.29) is 0 Å². The monoisotopic (exact) mass is 329 g/mol. The molecule has 0 radical (unpaired) electrons. The Kier molecular flexibility index (Phi) is 5.43. The van der Waals surface area contributed by atoms with Crippen LogP contribution in [-0.2, 0) is 10.2 Å². The van der Waals surface area contributed by atoms with Crippen molar-refractivity contribution in [2.75, 3.05) is 39.8 Å². The normalized spacial score (nSPS) is 35.2. The van der Waals surface area contributed by atoms with E-state index in [2.05, 4.69) is 5.32 Å². The zero-order valence-electron chi connectivity index (χ0n) is 13.8. The lowest BCUT2D eigenvalue weighted by atomic mass is 9.76. The minimum Gasteiger partial charge on any atom is -0.319 e. The van der Waals surface area contributed by atoms with E-state index in [0.717, 1.165) is 44.8 Å². The third-order valence-corrected chi connectivity index (χ3v) is 7.85. The van der Waals surface area contributed by atoms with E-state index in [1.807, 2.05) is 7.05 Å². The molecule has 1 N–H and O–H groups in total. The van der Waals surface area contributed by atoms with Gasteiger partial charge in [0.1, 0.15) is 0 Å². The maximum Gasteiger partial charge on any atom is 0.281 e. The zero-order chi connectivity index (χ0) is 15.6. The topological polar surface area (TPSA) is 52.7 Å². The molecule has 5 nitrogen and oxygen atoms in total. The van der Waals surface area contributed by atoms with Gasteiger partial charge in [-0.3, -0.25) is 0 Å². The van der Waals surface area contributed by atoms with Crippen molar-refractivity contribution in [1.29, 1.82) is 0 Å². The molecule has 0 spiro atoms. The number of nitrogens with zero attached hydrogens (tertiary/aromatic N) is 2. The summed E-state index contributed by atoms with van der Waals surface area (Å²) in [4.78, 5) is 0. The highest BCUT2D eigenvalue weighted by molar-refractivity contribution is 7.86. The number of piperidine rings is 2. The fourth-order valence-electron chi connectivity index (χ4n) is 4.63. The van der Waals surface area contributed by atoms with Crippen LogP contribution in [0.15, 0.2) is 0 Å². The molecule has 2 saturated heterocycles. The van der Waals surface area contributed by atoms with Crippen LogP contribution in [0.3, 0.4) is 0 Å². The van der Waals surface area contributed by atoms with Gasteiger partial charge in [0.05, 0.1) is 0 Å². The lowest BCUT2D eigenvalue weighted by Crippen LogP contribution is -2.53. The summed E-state index contributed by atoms with van der Waals surface area (Å²) in [7, 11) is -1.30. The summed E-state index contributed by atoms with van der Waals surface area (Å²) in [5.74, 6) is 1.84. The first kappa shape index (κ1) is 16.7. The molecule has 3 rings (SSSR count). The van der Waals surface area contributed by atoms with E-state index in [1.54, 1.807) is 8.61 Å². The minimum atomic E-state index is -3.25. The summed E-state index contributed by atoms with van der Waals surface area (Å²) < 4.78 is 29.5. The van der Waals surface area contributed by atoms with Crippen molar-refractivity contribution >= 4 is 10.2 Å². The van der Waals surface area contributed by atoms with Gasteiger partial charge in [-0.25, -0.2) is 0 Å². The van der Waals surface area contributed by atoms with E-state index in [4.69, 9.17) is 0 Å². The Bertz CT molecular complexity index is 466. The van der Waals surface area contributed by atoms with Gasteiger partial charge in [0.15, 0.2) is 0 Å². The van der Waals surface area contributed by atoms with Crippen LogP contribution in [0.25, 0.3) is 0 Å². The van der Waals surface area contributed by atoms with Gasteiger partial charge < -0.3 is 5.32 Å². The third kappa shape index (κ3) is 3.50. The molecule has 0 bridgehead atoms. The molecule has 3 aliphatic rings. The molecule has 3 fully saturated rings. The molecule has 1 saturated carbocycles. The zero-order valence-corrected chi connectivity index (χ0v) is 14.7. The van der Waals surface area contributed by atoms with E-state index >= 15 is 0 Å². The van der Waals surface area contributed by atoms with Gasteiger partial charge in [-0.15, -0.1) is 0 Å². The van der Waals surface area contributed by atoms with Crippen molar-refractivity contribution in [1.82, 2.24) is 13.9 Å². The van der Waals surface area contributed by atoms with Crippen molar-refractivity contribution < 1.29 is 8.42 Å². The maximum atomic E-state index is 13.0. The van der Waals surface area contributed by atoms with Gasteiger partial charge >= 0.3 is 0 Å². The highest BCUT2D eigenvalue weighted by Crippen LogP contribution is 2.37. The number of hydrogen-bond acceptors (Lipinski definition) is 3. The Labute approximate surface area is 135 Å². The van der Waals surface area contributed by atoms with Gasteiger partial charge in [-0.1, -0.05) is 19.3 Å². The molecule has 128 valence electrons. The second-order valence-corrected chi connectivity index (χ2v) is 9.31. The van der Waals surface area contributed by atoms with Crippen molar-refractivity contribution in [3.8, 4) is 0 Å². The van der Waals surface area contributed by atoms with Crippen LogP contribution in [0.1, 0.15) is 44.9 Å². The average Bonchev–Trinajstić information content (AvgIpc) is 2.55. The van der Waals surface area contributed by atoms with Crippen LogP contribution in [0.2, 0.25) is 0 Å². The predicted octanol–water partition coefficient (Wildman–Crippen LogP) is 1.67. The summed E-state index contributed by atoms with van der Waals surface area (Å²) in [6.07, 6.45) is 8.35. The molecule has 6 heteroatoms. The van der Waals surface area contributed by atoms with Crippen molar-refractivity contribution in [3.63, 3.8) is 0 Å². The Morgan fingerprint density at radius 1 is 0.909 bits per heavy atom. The van der Waals surface area contributed by atoms with Crippen LogP contribution in [0, 0.1) is 17.8 Å². The van der Waals surface area contributed by atoms with Crippen molar-refractivity contribution in [3.05, 3.63) is 0 Å². The van der Waals surface area contributed by atoms with Gasteiger partial charge in [0.25, 0.3) is 10.2 Å². The molecule has 2 aliphatic heterocycles. The van der Waals surface area contributed by atoms with Crippen LogP contribution >= 0.6 is 0 Å². The van der Waals surface area contributed by atoms with Gasteiger partial charge in [0, 0.05) is 26.2 Å². The average molecular weight is 330 g/mol. The van der Waals surface area contributed by atoms with Crippen molar-refractivity contribution in [2.24, 2.45) is 17.8 Å². The van der Waals surface area contributed by atoms with Crippen LogP contribution in [0.4, 0.5) is 0 Å². The van der Waals surface area contributed by atoms with Gasteiger partial charge in [-0.2, -0.15) is 17.0 Å². The summed E-state index contributed by atoms with van der Waals surface area (Å²) in [6, 6.07) is 0. The van der Waals surface area contributed by atoms with E-state index in [0.29, 0.717) is 24.9 Å². The first-order chi connectivity index (χ1) is 10.6. The second kappa shape index (κ2) is 7.16. The molecule has 3 atom stereocenters. The molecule has 2 heterocycles. The standard InChI is InChI=1S/C16H31N3O2S/c1-17-11-14-5-4-9-18(12-14)22(20,21)19-10-8-15-6-2-3-7-16(15)13-19/h14-17H,2-13H2,1H3. The molecule has 0 aromatic carbocycles. The number of hydrogen-bond donors (Lipinski definition) is 1.